The van der Waals surface area contributed by atoms with Crippen molar-refractivity contribution in [1.29, 1.82) is 0 Å². The number of nitrogens with two attached hydrogens (primary N) is 1. The molecule has 0 aromatic heterocycles. The second-order valence-corrected chi connectivity index (χ2v) is 3.24. The van der Waals surface area contributed by atoms with Crippen LogP contribution in [0, 0.1) is 0 Å². The van der Waals surface area contributed by atoms with Gasteiger partial charge in [-0.2, -0.15) is 0 Å². The summed E-state index contributed by atoms with van der Waals surface area (Å²) in [4.78, 5) is 0. The molecule has 1 aliphatic carbocycles. The van der Waals surface area contributed by atoms with Crippen LogP contribution in [0.25, 0.3) is 0 Å². The lowest BCUT2D eigenvalue weighted by Crippen LogP contribution is -2.38. The van der Waals surface area contributed by atoms with E-state index >= 15 is 0 Å². The Morgan fingerprint density at radius 2 is 1.82 bits per heavy atom. The van der Waals surface area contributed by atoms with Gasteiger partial charge >= 0.3 is 0 Å². The molecule has 66 valence electrons. The molecule has 3 nitrogen and oxygen atoms in total. The van der Waals surface area contributed by atoms with Gasteiger partial charge in [-0.25, -0.2) is 0 Å². The fraction of sp³-hybridized carbons (Fsp3) is 1.00. The van der Waals surface area contributed by atoms with Crippen molar-refractivity contribution in [3.05, 3.63) is 0 Å². The second kappa shape index (κ2) is 5.52. The number of rotatable bonds is 4. The maximum Gasteiger partial charge on any atom is 0.0223 e. The van der Waals surface area contributed by atoms with Crippen LogP contribution in [0.5, 0.6) is 0 Å². The molecule has 0 aliphatic heterocycles. The Hall–Kier alpha value is -0.120. The first kappa shape index (κ1) is 8.97. The van der Waals surface area contributed by atoms with E-state index in [1.54, 1.807) is 0 Å². The van der Waals surface area contributed by atoms with Gasteiger partial charge in [-0.3, -0.25) is 11.3 Å². The molecule has 3 heteroatoms. The largest absolute Gasteiger partial charge is 0.313 e. The molecule has 1 fully saturated rings. The minimum Gasteiger partial charge on any atom is -0.313 e. The lowest BCUT2D eigenvalue weighted by Gasteiger charge is -2.22. The highest BCUT2D eigenvalue weighted by molar-refractivity contribution is 4.71. The van der Waals surface area contributed by atoms with E-state index in [1.807, 2.05) is 0 Å². The van der Waals surface area contributed by atoms with Gasteiger partial charge in [-0.1, -0.05) is 19.3 Å². The first-order valence-electron chi connectivity index (χ1n) is 4.60. The first-order valence-corrected chi connectivity index (χ1v) is 4.60. The molecule has 1 saturated carbocycles. The van der Waals surface area contributed by atoms with Crippen LogP contribution in [-0.4, -0.2) is 19.1 Å². The molecule has 0 heterocycles. The molecule has 0 unspecified atom stereocenters. The third-order valence-corrected chi connectivity index (χ3v) is 2.31. The number of hydrogen-bond donors (Lipinski definition) is 3. The minimum absolute atomic E-state index is 0.761. The van der Waals surface area contributed by atoms with Gasteiger partial charge in [-0.05, 0) is 12.8 Å². The summed E-state index contributed by atoms with van der Waals surface area (Å²) < 4.78 is 0. The molecule has 0 saturated heterocycles. The zero-order valence-electron chi connectivity index (χ0n) is 7.10. The van der Waals surface area contributed by atoms with Crippen LogP contribution in [-0.2, 0) is 0 Å². The van der Waals surface area contributed by atoms with Crippen LogP contribution < -0.4 is 16.6 Å². The summed E-state index contributed by atoms with van der Waals surface area (Å²) in [5.41, 5.74) is 2.64. The van der Waals surface area contributed by atoms with Crippen molar-refractivity contribution in [2.45, 2.75) is 38.1 Å². The van der Waals surface area contributed by atoms with Crippen molar-refractivity contribution in [2.24, 2.45) is 5.84 Å². The molecule has 0 bridgehead atoms. The van der Waals surface area contributed by atoms with Crippen molar-refractivity contribution < 1.29 is 0 Å². The lowest BCUT2D eigenvalue weighted by atomic mass is 9.96. The Morgan fingerprint density at radius 3 is 2.45 bits per heavy atom. The first-order chi connectivity index (χ1) is 5.43. The molecule has 0 aromatic carbocycles. The molecule has 0 spiro atoms. The SMILES string of the molecule is NNCCNC1CCCCC1. The van der Waals surface area contributed by atoms with Crippen LogP contribution in [0.3, 0.4) is 0 Å². The maximum absolute atomic E-state index is 5.15. The normalized spacial score (nSPS) is 20.5. The van der Waals surface area contributed by atoms with Gasteiger partial charge in [0.15, 0.2) is 0 Å². The Labute approximate surface area is 68.7 Å². The maximum atomic E-state index is 5.15. The monoisotopic (exact) mass is 157 g/mol. The average molecular weight is 157 g/mol. The van der Waals surface area contributed by atoms with Gasteiger partial charge in [0.2, 0.25) is 0 Å². The third kappa shape index (κ3) is 3.70. The Balaban J connectivity index is 1.96. The standard InChI is InChI=1S/C8H19N3/c9-11-7-6-10-8-4-2-1-3-5-8/h8,10-11H,1-7,9H2. The highest BCUT2D eigenvalue weighted by Crippen LogP contribution is 2.16. The molecule has 0 amide bonds. The zero-order chi connectivity index (χ0) is 7.94. The summed E-state index contributed by atoms with van der Waals surface area (Å²) in [6.45, 7) is 1.87. The second-order valence-electron chi connectivity index (χ2n) is 3.24. The van der Waals surface area contributed by atoms with Gasteiger partial charge in [-0.15, -0.1) is 0 Å². The van der Waals surface area contributed by atoms with Crippen LogP contribution in [0.1, 0.15) is 32.1 Å². The summed E-state index contributed by atoms with van der Waals surface area (Å²) in [6.07, 6.45) is 6.92. The molecule has 1 aliphatic rings. The molecule has 11 heavy (non-hydrogen) atoms. The highest BCUT2D eigenvalue weighted by Gasteiger charge is 2.11. The van der Waals surface area contributed by atoms with Crippen molar-refractivity contribution in [1.82, 2.24) is 10.7 Å². The molecule has 0 radical (unpaired) electrons. The van der Waals surface area contributed by atoms with Gasteiger partial charge in [0.1, 0.15) is 0 Å². The zero-order valence-corrected chi connectivity index (χ0v) is 7.10. The van der Waals surface area contributed by atoms with Crippen molar-refractivity contribution in [2.75, 3.05) is 13.1 Å². The summed E-state index contributed by atoms with van der Waals surface area (Å²) in [6, 6.07) is 0.761. The fourth-order valence-corrected chi connectivity index (χ4v) is 1.66. The molecule has 0 atom stereocenters. The summed E-state index contributed by atoms with van der Waals surface area (Å²) in [5.74, 6) is 5.15. The quantitative estimate of drug-likeness (QED) is 0.314. The van der Waals surface area contributed by atoms with E-state index in [2.05, 4.69) is 10.7 Å². The molecular weight excluding hydrogens is 138 g/mol. The Bertz CT molecular complexity index is 89.3. The summed E-state index contributed by atoms with van der Waals surface area (Å²) in [7, 11) is 0. The number of hydrogen-bond acceptors (Lipinski definition) is 3. The summed E-state index contributed by atoms with van der Waals surface area (Å²) in [5, 5.41) is 3.48. The fourth-order valence-electron chi connectivity index (χ4n) is 1.66. The predicted molar refractivity (Wildman–Crippen MR) is 47.1 cm³/mol. The Kier molecular flexibility index (Phi) is 4.50. The average Bonchev–Trinajstić information content (AvgIpc) is 2.07. The van der Waals surface area contributed by atoms with E-state index in [0.717, 1.165) is 19.1 Å². The van der Waals surface area contributed by atoms with Gasteiger partial charge in [0, 0.05) is 19.1 Å². The highest BCUT2D eigenvalue weighted by atomic mass is 15.2. The van der Waals surface area contributed by atoms with Gasteiger partial charge in [0.25, 0.3) is 0 Å². The number of hydrazine groups is 1. The number of nitrogens with one attached hydrogen (secondary N) is 2. The smallest absolute Gasteiger partial charge is 0.0223 e. The van der Waals surface area contributed by atoms with E-state index in [9.17, 15) is 0 Å². The van der Waals surface area contributed by atoms with E-state index in [4.69, 9.17) is 5.84 Å². The summed E-state index contributed by atoms with van der Waals surface area (Å²) >= 11 is 0. The molecular formula is C8H19N3. The topological polar surface area (TPSA) is 50.1 Å². The predicted octanol–water partition coefficient (Wildman–Crippen LogP) is 0.372. The van der Waals surface area contributed by atoms with Crippen LogP contribution >= 0.6 is 0 Å². The minimum atomic E-state index is 0.761. The molecule has 0 aromatic rings. The molecule has 4 N–H and O–H groups in total. The van der Waals surface area contributed by atoms with Crippen LogP contribution in [0.4, 0.5) is 0 Å². The van der Waals surface area contributed by atoms with Gasteiger partial charge in [0.05, 0.1) is 0 Å². The third-order valence-electron chi connectivity index (χ3n) is 2.31. The van der Waals surface area contributed by atoms with E-state index in [1.165, 1.54) is 32.1 Å². The van der Waals surface area contributed by atoms with Crippen molar-refractivity contribution in [3.8, 4) is 0 Å². The van der Waals surface area contributed by atoms with E-state index in [-0.39, 0.29) is 0 Å². The van der Waals surface area contributed by atoms with Crippen molar-refractivity contribution in [3.63, 3.8) is 0 Å². The lowest BCUT2D eigenvalue weighted by molar-refractivity contribution is 0.373. The molecule has 1 rings (SSSR count). The van der Waals surface area contributed by atoms with E-state index < -0.39 is 0 Å². The van der Waals surface area contributed by atoms with Crippen LogP contribution in [0.2, 0.25) is 0 Å². The van der Waals surface area contributed by atoms with Gasteiger partial charge < -0.3 is 5.32 Å². The Morgan fingerprint density at radius 1 is 1.09 bits per heavy atom. The van der Waals surface area contributed by atoms with Crippen LogP contribution in [0.15, 0.2) is 0 Å². The van der Waals surface area contributed by atoms with Crippen molar-refractivity contribution >= 4 is 0 Å². The van der Waals surface area contributed by atoms with E-state index in [0.29, 0.717) is 0 Å².